The van der Waals surface area contributed by atoms with Crippen LogP contribution < -0.4 is 4.74 Å². The summed E-state index contributed by atoms with van der Waals surface area (Å²) in [5.74, 6) is -1.02. The molecule has 9 nitrogen and oxygen atoms in total. The van der Waals surface area contributed by atoms with Gasteiger partial charge in [0.05, 0.1) is 6.10 Å². The Balaban J connectivity index is 1.21. The van der Waals surface area contributed by atoms with E-state index in [2.05, 4.69) is 20.8 Å². The van der Waals surface area contributed by atoms with Gasteiger partial charge in [-0.1, -0.05) is 32.9 Å². The normalized spacial score (nSPS) is 46.4. The standard InChI is InChI=1S/C29H30O9/c1-13(2)27-21(37-27)22-29(38-22)26(4)10-9-15-17(12-33-23(15)31)18(26)11-20-28(29,36-20)25(27)35-24(32)16-7-5-6-8-19(16)34-14(3)30/h5-8,13,18,20-22,25H,9-12H2,1-4H3/t18-,20+,21-,22-,25-,26+,27-,28?,29?/m1/s1. The number of carbonyl (C=O) groups excluding carboxylic acids is 3. The van der Waals surface area contributed by atoms with Crippen molar-refractivity contribution in [3.8, 4) is 5.75 Å². The predicted octanol–water partition coefficient (Wildman–Crippen LogP) is 2.89. The summed E-state index contributed by atoms with van der Waals surface area (Å²) in [6, 6.07) is 6.58. The highest BCUT2D eigenvalue weighted by Gasteiger charge is 3.01. The summed E-state index contributed by atoms with van der Waals surface area (Å²) in [4.78, 5) is 37.8. The molecule has 9 atom stereocenters. The first kappa shape index (κ1) is 23.2. The van der Waals surface area contributed by atoms with Crippen LogP contribution in [0.15, 0.2) is 35.4 Å². The van der Waals surface area contributed by atoms with Gasteiger partial charge in [-0.15, -0.1) is 0 Å². The lowest BCUT2D eigenvalue weighted by atomic mass is 9.46. The number of fused-ring (bicyclic) bond motifs is 4. The molecular weight excluding hydrogens is 492 g/mol. The third-order valence-electron chi connectivity index (χ3n) is 10.7. The SMILES string of the molecule is CC(=O)Oc1ccccc1C(=O)O[C@H]1C23O[C@H]2C[C@@H]2C4=C(CC[C@]2(C)C32O[C@@H]2[C@H]2O[C@]21C(C)C)C(=O)OC4. The van der Waals surface area contributed by atoms with E-state index in [9.17, 15) is 14.4 Å². The van der Waals surface area contributed by atoms with Crippen LogP contribution in [0.2, 0.25) is 0 Å². The predicted molar refractivity (Wildman–Crippen MR) is 128 cm³/mol. The monoisotopic (exact) mass is 522 g/mol. The lowest BCUT2D eigenvalue weighted by molar-refractivity contribution is -0.136. The highest BCUT2D eigenvalue weighted by atomic mass is 16.8. The molecule has 3 saturated heterocycles. The van der Waals surface area contributed by atoms with Gasteiger partial charge in [-0.05, 0) is 48.8 Å². The number of para-hydroxylation sites is 1. The highest BCUT2D eigenvalue weighted by molar-refractivity contribution is 5.94. The molecule has 3 aliphatic carbocycles. The second-order valence-corrected chi connectivity index (χ2v) is 12.4. The number of ether oxygens (including phenoxy) is 6. The fourth-order valence-electron chi connectivity index (χ4n) is 8.89. The minimum Gasteiger partial charge on any atom is -0.458 e. The van der Waals surface area contributed by atoms with Crippen molar-refractivity contribution in [2.24, 2.45) is 17.3 Å². The fourth-order valence-corrected chi connectivity index (χ4v) is 8.89. The quantitative estimate of drug-likeness (QED) is 0.334. The molecule has 0 amide bonds. The second kappa shape index (κ2) is 6.87. The molecule has 0 radical (unpaired) electrons. The van der Waals surface area contributed by atoms with E-state index in [0.717, 1.165) is 17.6 Å². The van der Waals surface area contributed by atoms with Gasteiger partial charge in [0.15, 0.2) is 11.7 Å². The molecule has 8 rings (SSSR count). The van der Waals surface area contributed by atoms with E-state index in [1.54, 1.807) is 24.3 Å². The van der Waals surface area contributed by atoms with Crippen LogP contribution in [0.25, 0.3) is 0 Å². The molecule has 1 aromatic rings. The van der Waals surface area contributed by atoms with Gasteiger partial charge in [-0.3, -0.25) is 4.79 Å². The summed E-state index contributed by atoms with van der Waals surface area (Å²) in [6.45, 7) is 8.01. The van der Waals surface area contributed by atoms with Crippen molar-refractivity contribution in [1.29, 1.82) is 0 Å². The zero-order chi connectivity index (χ0) is 26.4. The summed E-state index contributed by atoms with van der Waals surface area (Å²) >= 11 is 0. The topological polar surface area (TPSA) is 116 Å². The molecule has 0 N–H and O–H groups in total. The molecule has 7 aliphatic rings. The Bertz CT molecular complexity index is 1370. The summed E-state index contributed by atoms with van der Waals surface area (Å²) in [7, 11) is 0. The van der Waals surface area contributed by atoms with Gasteiger partial charge in [0, 0.05) is 17.9 Å². The Morgan fingerprint density at radius 2 is 1.89 bits per heavy atom. The molecular formula is C29H30O9. The van der Waals surface area contributed by atoms with Gasteiger partial charge >= 0.3 is 17.9 Å². The number of cyclic esters (lactones) is 1. The van der Waals surface area contributed by atoms with Crippen LogP contribution in [-0.2, 0) is 33.3 Å². The average Bonchev–Trinajstić information content (AvgIpc) is 3.78. The molecule has 0 aromatic heterocycles. The summed E-state index contributed by atoms with van der Waals surface area (Å²) < 4.78 is 37.0. The van der Waals surface area contributed by atoms with E-state index in [4.69, 9.17) is 28.4 Å². The maximum atomic E-state index is 13.7. The molecule has 5 fully saturated rings. The molecule has 200 valence electrons. The van der Waals surface area contributed by atoms with E-state index in [1.807, 2.05) is 0 Å². The number of rotatable bonds is 4. The average molecular weight is 523 g/mol. The number of carbonyl (C=O) groups is 3. The number of benzene rings is 1. The van der Waals surface area contributed by atoms with Gasteiger partial charge in [-0.25, -0.2) is 9.59 Å². The van der Waals surface area contributed by atoms with Crippen LogP contribution in [0.5, 0.6) is 5.75 Å². The highest BCUT2D eigenvalue weighted by Crippen LogP contribution is 2.83. The Morgan fingerprint density at radius 1 is 1.11 bits per heavy atom. The Hall–Kier alpha value is -2.75. The third kappa shape index (κ3) is 2.39. The fraction of sp³-hybridized carbons (Fsp3) is 0.621. The first-order chi connectivity index (χ1) is 18.1. The van der Waals surface area contributed by atoms with Crippen molar-refractivity contribution in [1.82, 2.24) is 0 Å². The van der Waals surface area contributed by atoms with E-state index in [-0.39, 0.29) is 52.8 Å². The third-order valence-corrected chi connectivity index (χ3v) is 10.7. The Morgan fingerprint density at radius 3 is 2.66 bits per heavy atom. The molecule has 4 heterocycles. The number of esters is 3. The van der Waals surface area contributed by atoms with E-state index >= 15 is 0 Å². The van der Waals surface area contributed by atoms with E-state index < -0.39 is 34.8 Å². The lowest BCUT2D eigenvalue weighted by Gasteiger charge is -2.53. The van der Waals surface area contributed by atoms with Gasteiger partial charge < -0.3 is 28.4 Å². The lowest BCUT2D eigenvalue weighted by Crippen LogP contribution is -2.70. The molecule has 1 aromatic carbocycles. The van der Waals surface area contributed by atoms with Crippen molar-refractivity contribution in [2.45, 2.75) is 88.2 Å². The first-order valence-electron chi connectivity index (χ1n) is 13.5. The zero-order valence-electron chi connectivity index (χ0n) is 21.8. The van der Waals surface area contributed by atoms with Gasteiger partial charge in [-0.2, -0.15) is 0 Å². The van der Waals surface area contributed by atoms with Crippen LogP contribution in [0, 0.1) is 17.3 Å². The maximum Gasteiger partial charge on any atom is 0.342 e. The molecule has 2 saturated carbocycles. The maximum absolute atomic E-state index is 13.7. The number of hydrogen-bond acceptors (Lipinski definition) is 9. The summed E-state index contributed by atoms with van der Waals surface area (Å²) in [5.41, 5.74) is -0.500. The Kier molecular flexibility index (Phi) is 4.19. The van der Waals surface area contributed by atoms with Crippen molar-refractivity contribution in [3.63, 3.8) is 0 Å². The Labute approximate surface area is 219 Å². The van der Waals surface area contributed by atoms with Crippen LogP contribution in [-0.4, -0.2) is 65.7 Å². The van der Waals surface area contributed by atoms with Crippen LogP contribution in [0.1, 0.15) is 57.3 Å². The molecule has 38 heavy (non-hydrogen) atoms. The molecule has 2 spiro atoms. The smallest absolute Gasteiger partial charge is 0.342 e. The van der Waals surface area contributed by atoms with Gasteiger partial charge in [0.1, 0.15) is 41.3 Å². The van der Waals surface area contributed by atoms with Crippen molar-refractivity contribution in [2.75, 3.05) is 6.61 Å². The van der Waals surface area contributed by atoms with Crippen LogP contribution >= 0.6 is 0 Å². The molecule has 2 unspecified atom stereocenters. The number of hydrogen-bond donors (Lipinski definition) is 0. The second-order valence-electron chi connectivity index (χ2n) is 12.4. The van der Waals surface area contributed by atoms with E-state index in [1.165, 1.54) is 6.92 Å². The molecule has 4 aliphatic heterocycles. The van der Waals surface area contributed by atoms with E-state index in [0.29, 0.717) is 19.4 Å². The summed E-state index contributed by atoms with van der Waals surface area (Å²) in [6.07, 6.45) is 0.837. The minimum absolute atomic E-state index is 0.0440. The van der Waals surface area contributed by atoms with Gasteiger partial charge in [0.2, 0.25) is 0 Å². The molecule has 9 heteroatoms. The minimum atomic E-state index is -0.840. The van der Waals surface area contributed by atoms with Crippen molar-refractivity contribution in [3.05, 3.63) is 41.0 Å². The molecule has 0 bridgehead atoms. The number of epoxide rings is 3. The van der Waals surface area contributed by atoms with Crippen LogP contribution in [0.3, 0.4) is 0 Å². The van der Waals surface area contributed by atoms with Crippen molar-refractivity contribution >= 4 is 17.9 Å². The largest absolute Gasteiger partial charge is 0.458 e. The first-order valence-corrected chi connectivity index (χ1v) is 13.5. The van der Waals surface area contributed by atoms with Gasteiger partial charge in [0.25, 0.3) is 0 Å². The van der Waals surface area contributed by atoms with Crippen molar-refractivity contribution < 1.29 is 42.8 Å². The van der Waals surface area contributed by atoms with Crippen LogP contribution in [0.4, 0.5) is 0 Å². The zero-order valence-corrected chi connectivity index (χ0v) is 21.8. The summed E-state index contributed by atoms with van der Waals surface area (Å²) in [5, 5.41) is 0.